The predicted molar refractivity (Wildman–Crippen MR) is 124 cm³/mol. The van der Waals surface area contributed by atoms with Gasteiger partial charge in [0.15, 0.2) is 0 Å². The topological polar surface area (TPSA) is 20.3 Å². The molecule has 0 atom stereocenters. The van der Waals surface area contributed by atoms with E-state index < -0.39 is 0 Å². The number of carbonyl (C=O) groups is 1. The van der Waals surface area contributed by atoms with Crippen LogP contribution in [0.2, 0.25) is 0 Å². The summed E-state index contributed by atoms with van der Waals surface area (Å²) in [5, 5.41) is 0. The number of benzene rings is 1. The number of carbonyl (C=O) groups excluding carboxylic acids is 1. The minimum Gasteiger partial charge on any atom is -0.313 e. The van der Waals surface area contributed by atoms with E-state index in [2.05, 4.69) is 6.92 Å². The van der Waals surface area contributed by atoms with Crippen LogP contribution in [0.4, 0.5) is 5.69 Å². The third-order valence-electron chi connectivity index (χ3n) is 5.68. The molecule has 0 radical (unpaired) electrons. The molecule has 0 heterocycles. The van der Waals surface area contributed by atoms with Crippen molar-refractivity contribution < 1.29 is 4.79 Å². The van der Waals surface area contributed by atoms with Crippen LogP contribution in [0.15, 0.2) is 30.3 Å². The number of hydrogen-bond donors (Lipinski definition) is 0. The van der Waals surface area contributed by atoms with Crippen molar-refractivity contribution in [3.05, 3.63) is 30.3 Å². The Hall–Kier alpha value is -1.31. The zero-order valence-electron chi connectivity index (χ0n) is 18.8. The Morgan fingerprint density at radius 2 is 1.04 bits per heavy atom. The van der Waals surface area contributed by atoms with Crippen molar-refractivity contribution >= 4 is 11.6 Å². The van der Waals surface area contributed by atoms with Crippen LogP contribution in [-0.2, 0) is 4.79 Å². The summed E-state index contributed by atoms with van der Waals surface area (Å²) in [6, 6.07) is 10.0. The van der Waals surface area contributed by atoms with Gasteiger partial charge in [0.25, 0.3) is 0 Å². The van der Waals surface area contributed by atoms with Gasteiger partial charge in [-0.05, 0) is 18.6 Å². The van der Waals surface area contributed by atoms with Gasteiger partial charge in [-0.3, -0.25) is 4.79 Å². The number of amides is 1. The molecule has 1 rings (SSSR count). The van der Waals surface area contributed by atoms with Gasteiger partial charge < -0.3 is 4.90 Å². The minimum absolute atomic E-state index is 0.146. The predicted octanol–water partition coefficient (Wildman–Crippen LogP) is 8.30. The minimum atomic E-state index is 0.146. The Labute approximate surface area is 175 Å². The van der Waals surface area contributed by atoms with Crippen LogP contribution in [0.1, 0.15) is 117 Å². The highest BCUT2D eigenvalue weighted by atomic mass is 16.2. The van der Waals surface area contributed by atoms with Crippen LogP contribution in [0.5, 0.6) is 0 Å². The van der Waals surface area contributed by atoms with Crippen molar-refractivity contribution in [3.63, 3.8) is 0 Å². The van der Waals surface area contributed by atoms with Gasteiger partial charge in [-0.15, -0.1) is 0 Å². The molecule has 0 N–H and O–H groups in total. The van der Waals surface area contributed by atoms with Gasteiger partial charge in [0, 0.05) is 19.2 Å². The van der Waals surface area contributed by atoms with E-state index in [1.165, 1.54) is 96.3 Å². The molecule has 1 aromatic rings. The van der Waals surface area contributed by atoms with Crippen LogP contribution in [0.25, 0.3) is 0 Å². The first-order valence-corrected chi connectivity index (χ1v) is 12.1. The largest absolute Gasteiger partial charge is 0.313 e. The van der Waals surface area contributed by atoms with E-state index >= 15 is 0 Å². The lowest BCUT2D eigenvalue weighted by molar-refractivity contribution is -0.116. The lowest BCUT2D eigenvalue weighted by Gasteiger charge is -2.21. The first kappa shape index (κ1) is 24.7. The second-order valence-corrected chi connectivity index (χ2v) is 8.31. The Kier molecular flexibility index (Phi) is 15.7. The van der Waals surface area contributed by atoms with Crippen LogP contribution >= 0.6 is 0 Å². The maximum Gasteiger partial charge on any atom is 0.223 e. The van der Waals surface area contributed by atoms with Gasteiger partial charge in [0.2, 0.25) is 5.91 Å². The van der Waals surface area contributed by atoms with E-state index in [1.54, 1.807) is 6.92 Å². The molecule has 0 saturated carbocycles. The van der Waals surface area contributed by atoms with E-state index in [0.717, 1.165) is 18.7 Å². The summed E-state index contributed by atoms with van der Waals surface area (Å²) in [5.41, 5.74) is 1.02. The Bertz CT molecular complexity index is 471. The highest BCUT2D eigenvalue weighted by molar-refractivity contribution is 5.91. The third-order valence-corrected chi connectivity index (χ3v) is 5.68. The molecule has 28 heavy (non-hydrogen) atoms. The monoisotopic (exact) mass is 387 g/mol. The third kappa shape index (κ3) is 13.0. The molecule has 0 bridgehead atoms. The van der Waals surface area contributed by atoms with Crippen molar-refractivity contribution in [3.8, 4) is 0 Å². The zero-order valence-corrected chi connectivity index (χ0v) is 18.8. The van der Waals surface area contributed by atoms with Gasteiger partial charge in [0.1, 0.15) is 0 Å². The van der Waals surface area contributed by atoms with Gasteiger partial charge in [-0.2, -0.15) is 0 Å². The lowest BCUT2D eigenvalue weighted by Crippen LogP contribution is -2.29. The Morgan fingerprint density at radius 3 is 1.43 bits per heavy atom. The molecule has 160 valence electrons. The maximum atomic E-state index is 11.9. The molecule has 0 saturated heterocycles. The van der Waals surface area contributed by atoms with E-state index in [-0.39, 0.29) is 5.91 Å². The Morgan fingerprint density at radius 1 is 0.643 bits per heavy atom. The molecule has 0 aromatic heterocycles. The molecular formula is C26H45NO. The van der Waals surface area contributed by atoms with Crippen LogP contribution in [0, 0.1) is 0 Å². The molecule has 0 unspecified atom stereocenters. The van der Waals surface area contributed by atoms with Crippen molar-refractivity contribution in [2.75, 3.05) is 11.4 Å². The number of para-hydroxylation sites is 1. The van der Waals surface area contributed by atoms with E-state index in [9.17, 15) is 4.79 Å². The van der Waals surface area contributed by atoms with Crippen molar-refractivity contribution in [2.45, 2.75) is 117 Å². The van der Waals surface area contributed by atoms with Gasteiger partial charge in [-0.1, -0.05) is 121 Å². The van der Waals surface area contributed by atoms with Crippen molar-refractivity contribution in [2.24, 2.45) is 0 Å². The molecule has 1 aromatic carbocycles. The highest BCUT2D eigenvalue weighted by Gasteiger charge is 2.09. The van der Waals surface area contributed by atoms with E-state index in [0.29, 0.717) is 0 Å². The van der Waals surface area contributed by atoms with Crippen LogP contribution in [0.3, 0.4) is 0 Å². The zero-order chi connectivity index (χ0) is 20.3. The molecule has 2 heteroatoms. The summed E-state index contributed by atoms with van der Waals surface area (Å²) in [6.45, 7) is 4.80. The first-order chi connectivity index (χ1) is 13.8. The van der Waals surface area contributed by atoms with Crippen molar-refractivity contribution in [1.29, 1.82) is 0 Å². The molecular weight excluding hydrogens is 342 g/mol. The second-order valence-electron chi connectivity index (χ2n) is 8.31. The number of nitrogens with zero attached hydrogens (tertiary/aromatic N) is 1. The summed E-state index contributed by atoms with van der Waals surface area (Å²) < 4.78 is 0. The second kappa shape index (κ2) is 17.8. The van der Waals surface area contributed by atoms with E-state index in [4.69, 9.17) is 0 Å². The molecule has 2 nitrogen and oxygen atoms in total. The van der Waals surface area contributed by atoms with Gasteiger partial charge >= 0.3 is 0 Å². The molecule has 0 fully saturated rings. The summed E-state index contributed by atoms with van der Waals surface area (Å²) >= 11 is 0. The molecule has 0 spiro atoms. The molecule has 0 aliphatic carbocycles. The van der Waals surface area contributed by atoms with Crippen LogP contribution < -0.4 is 4.90 Å². The number of unbranched alkanes of at least 4 members (excludes halogenated alkanes) is 15. The average Bonchev–Trinajstić information content (AvgIpc) is 2.70. The van der Waals surface area contributed by atoms with Gasteiger partial charge in [-0.25, -0.2) is 0 Å². The fourth-order valence-corrected chi connectivity index (χ4v) is 3.89. The van der Waals surface area contributed by atoms with E-state index in [1.807, 2.05) is 35.2 Å². The van der Waals surface area contributed by atoms with Gasteiger partial charge in [0.05, 0.1) is 0 Å². The summed E-state index contributed by atoms with van der Waals surface area (Å²) in [5.74, 6) is 0.146. The molecule has 1 amide bonds. The quantitative estimate of drug-likeness (QED) is 0.232. The van der Waals surface area contributed by atoms with Crippen LogP contribution in [-0.4, -0.2) is 12.5 Å². The molecule has 0 aliphatic rings. The summed E-state index contributed by atoms with van der Waals surface area (Å²) in [6.07, 6.45) is 22.1. The number of rotatable bonds is 18. The smallest absolute Gasteiger partial charge is 0.223 e. The standard InChI is InChI=1S/C26H45NO/c1-3-4-5-6-7-8-9-10-11-12-13-14-15-16-17-21-24-27(25(2)28)26-22-19-18-20-23-26/h18-20,22-23H,3-17,21,24H2,1-2H3. The van der Waals surface area contributed by atoms with Crippen molar-refractivity contribution in [1.82, 2.24) is 0 Å². The first-order valence-electron chi connectivity index (χ1n) is 12.1. The SMILES string of the molecule is CCCCCCCCCCCCCCCCCCN(C(C)=O)c1ccccc1. The number of hydrogen-bond acceptors (Lipinski definition) is 1. The maximum absolute atomic E-state index is 11.9. The fourth-order valence-electron chi connectivity index (χ4n) is 3.89. The summed E-state index contributed by atoms with van der Waals surface area (Å²) in [4.78, 5) is 13.8. The average molecular weight is 388 g/mol. The number of anilines is 1. The highest BCUT2D eigenvalue weighted by Crippen LogP contribution is 2.16. The summed E-state index contributed by atoms with van der Waals surface area (Å²) in [7, 11) is 0. The Balaban J connectivity index is 1.88. The lowest BCUT2D eigenvalue weighted by atomic mass is 10.0. The molecule has 0 aliphatic heterocycles. The fraction of sp³-hybridized carbons (Fsp3) is 0.731. The normalized spacial score (nSPS) is 10.9.